The Morgan fingerprint density at radius 1 is 1.00 bits per heavy atom. The van der Waals surface area contributed by atoms with Crippen LogP contribution >= 0.6 is 0 Å². The maximum absolute atomic E-state index is 12.9. The molecule has 5 heteroatoms. The van der Waals surface area contributed by atoms with Gasteiger partial charge in [0.25, 0.3) is 0 Å². The zero-order valence-corrected chi connectivity index (χ0v) is 13.9. The molecule has 2 rings (SSSR count). The second-order valence-electron chi connectivity index (χ2n) is 5.77. The molecule has 0 saturated heterocycles. The molecule has 0 aromatic heterocycles. The average molecular weight is 335 g/mol. The van der Waals surface area contributed by atoms with Gasteiger partial charge in [0.2, 0.25) is 11.8 Å². The third-order valence-electron chi connectivity index (χ3n) is 3.97. The molecule has 0 fully saturated rings. The fourth-order valence-electron chi connectivity index (χ4n) is 2.71. The van der Waals surface area contributed by atoms with Gasteiger partial charge in [-0.05, 0) is 24.0 Å². The van der Waals surface area contributed by atoms with Crippen LogP contribution in [0, 0.1) is 11.3 Å². The van der Waals surface area contributed by atoms with E-state index in [1.807, 2.05) is 66.7 Å². The molecule has 3 N–H and O–H groups in total. The number of unbranched alkanes of at least 4 members (excludes halogenated alkanes) is 1. The number of rotatable bonds is 8. The van der Waals surface area contributed by atoms with Crippen LogP contribution in [-0.2, 0) is 9.59 Å². The lowest BCUT2D eigenvalue weighted by molar-refractivity contribution is -0.127. The van der Waals surface area contributed by atoms with Crippen LogP contribution in [0.15, 0.2) is 60.7 Å². The van der Waals surface area contributed by atoms with E-state index in [-0.39, 0.29) is 5.91 Å². The number of hydrogen-bond donors (Lipinski definition) is 2. The van der Waals surface area contributed by atoms with Crippen molar-refractivity contribution in [1.29, 1.82) is 5.26 Å². The Morgan fingerprint density at radius 3 is 1.96 bits per heavy atom. The van der Waals surface area contributed by atoms with Crippen LogP contribution in [0.2, 0.25) is 0 Å². The number of carbonyl (C=O) groups excluding carboxylic acids is 2. The van der Waals surface area contributed by atoms with Crippen molar-refractivity contribution in [2.24, 2.45) is 5.73 Å². The van der Waals surface area contributed by atoms with Gasteiger partial charge in [-0.2, -0.15) is 5.26 Å². The molecule has 0 aliphatic carbocycles. The first-order chi connectivity index (χ1) is 12.1. The highest BCUT2D eigenvalue weighted by atomic mass is 16.2. The number of nitrogens with two attached hydrogens (primary N) is 1. The molecule has 2 aromatic carbocycles. The second kappa shape index (κ2) is 9.24. The van der Waals surface area contributed by atoms with Crippen molar-refractivity contribution in [3.63, 3.8) is 0 Å². The van der Waals surface area contributed by atoms with Crippen molar-refractivity contribution in [2.45, 2.75) is 31.2 Å². The van der Waals surface area contributed by atoms with Crippen molar-refractivity contribution < 1.29 is 9.59 Å². The summed E-state index contributed by atoms with van der Waals surface area (Å²) in [6, 6.07) is 20.0. The monoisotopic (exact) mass is 335 g/mol. The molecule has 0 radical (unpaired) electrons. The quantitative estimate of drug-likeness (QED) is 0.725. The van der Waals surface area contributed by atoms with Gasteiger partial charge < -0.3 is 11.1 Å². The summed E-state index contributed by atoms with van der Waals surface area (Å²) in [7, 11) is 0. The average Bonchev–Trinajstić information content (AvgIpc) is 2.63. The smallest absolute Gasteiger partial charge is 0.240 e. The van der Waals surface area contributed by atoms with Crippen molar-refractivity contribution in [2.75, 3.05) is 0 Å². The van der Waals surface area contributed by atoms with Gasteiger partial charge in [0, 0.05) is 6.42 Å². The highest BCUT2D eigenvalue weighted by molar-refractivity contribution is 5.91. The van der Waals surface area contributed by atoms with E-state index in [4.69, 9.17) is 11.0 Å². The lowest BCUT2D eigenvalue weighted by Crippen LogP contribution is -2.46. The fraction of sp³-hybridized carbons (Fsp3) is 0.250. The van der Waals surface area contributed by atoms with Crippen LogP contribution in [0.4, 0.5) is 0 Å². The number of amides is 2. The van der Waals surface area contributed by atoms with E-state index in [0.29, 0.717) is 19.3 Å². The Morgan fingerprint density at radius 2 is 1.52 bits per heavy atom. The first kappa shape index (κ1) is 18.2. The van der Waals surface area contributed by atoms with Gasteiger partial charge >= 0.3 is 0 Å². The van der Waals surface area contributed by atoms with E-state index in [1.54, 1.807) is 0 Å². The molecule has 0 aliphatic rings. The second-order valence-corrected chi connectivity index (χ2v) is 5.77. The molecule has 0 saturated carbocycles. The summed E-state index contributed by atoms with van der Waals surface area (Å²) < 4.78 is 0. The summed E-state index contributed by atoms with van der Waals surface area (Å²) in [4.78, 5) is 24.6. The molecular weight excluding hydrogens is 314 g/mol. The van der Waals surface area contributed by atoms with Gasteiger partial charge in [-0.15, -0.1) is 0 Å². The van der Waals surface area contributed by atoms with E-state index in [1.165, 1.54) is 0 Å². The molecule has 128 valence electrons. The predicted molar refractivity (Wildman–Crippen MR) is 95.3 cm³/mol. The lowest BCUT2D eigenvalue weighted by Gasteiger charge is -2.21. The molecule has 25 heavy (non-hydrogen) atoms. The molecular formula is C20H21N3O2. The summed E-state index contributed by atoms with van der Waals surface area (Å²) in [6.07, 6.45) is 1.18. The van der Waals surface area contributed by atoms with Gasteiger partial charge in [0.15, 0.2) is 0 Å². The number of nitrogens with one attached hydrogen (secondary N) is 1. The summed E-state index contributed by atoms with van der Waals surface area (Å²) in [5.74, 6) is -1.40. The standard InChI is InChI=1S/C20H21N3O2/c21-14-8-7-13-17(19(22)24)23-20(25)18(15-9-3-1-4-10-15)16-11-5-2-6-12-16/h1-6,9-12,17-18H,7-8,13H2,(H2,22,24)(H,23,25)/t17-/m1/s1. The van der Waals surface area contributed by atoms with Gasteiger partial charge in [-0.25, -0.2) is 0 Å². The number of carbonyl (C=O) groups is 2. The minimum Gasteiger partial charge on any atom is -0.368 e. The largest absolute Gasteiger partial charge is 0.368 e. The Labute approximate surface area is 147 Å². The van der Waals surface area contributed by atoms with Gasteiger partial charge in [0.1, 0.15) is 6.04 Å². The first-order valence-corrected chi connectivity index (χ1v) is 8.20. The molecule has 2 amide bonds. The zero-order valence-electron chi connectivity index (χ0n) is 13.9. The number of benzene rings is 2. The van der Waals surface area contributed by atoms with Crippen LogP contribution in [0.5, 0.6) is 0 Å². The molecule has 2 aromatic rings. The van der Waals surface area contributed by atoms with Crippen molar-refractivity contribution in [3.8, 4) is 6.07 Å². The van der Waals surface area contributed by atoms with Crippen molar-refractivity contribution in [3.05, 3.63) is 71.8 Å². The third kappa shape index (κ3) is 5.18. The summed E-state index contributed by atoms with van der Waals surface area (Å²) in [6.45, 7) is 0. The van der Waals surface area contributed by atoms with Crippen LogP contribution < -0.4 is 11.1 Å². The van der Waals surface area contributed by atoms with Crippen LogP contribution in [-0.4, -0.2) is 17.9 Å². The third-order valence-corrected chi connectivity index (χ3v) is 3.97. The first-order valence-electron chi connectivity index (χ1n) is 8.20. The number of nitriles is 1. The number of hydrogen-bond acceptors (Lipinski definition) is 3. The molecule has 0 aliphatic heterocycles. The van der Waals surface area contributed by atoms with E-state index < -0.39 is 17.9 Å². The van der Waals surface area contributed by atoms with Gasteiger partial charge in [-0.1, -0.05) is 60.7 Å². The Hall–Kier alpha value is -3.13. The molecule has 1 atom stereocenters. The lowest BCUT2D eigenvalue weighted by atomic mass is 9.90. The maximum Gasteiger partial charge on any atom is 0.240 e. The van der Waals surface area contributed by atoms with Gasteiger partial charge in [0.05, 0.1) is 12.0 Å². The van der Waals surface area contributed by atoms with Crippen molar-refractivity contribution >= 4 is 11.8 Å². The summed E-state index contributed by atoms with van der Waals surface area (Å²) in [5, 5.41) is 11.4. The fourth-order valence-corrected chi connectivity index (χ4v) is 2.71. The van der Waals surface area contributed by atoms with Crippen LogP contribution in [0.25, 0.3) is 0 Å². The Bertz CT molecular complexity index is 699. The summed E-state index contributed by atoms with van der Waals surface area (Å²) in [5.41, 5.74) is 7.09. The van der Waals surface area contributed by atoms with E-state index in [2.05, 4.69) is 5.32 Å². The Balaban J connectivity index is 2.23. The Kier molecular flexibility index (Phi) is 6.73. The maximum atomic E-state index is 12.9. The predicted octanol–water partition coefficient (Wildman–Crippen LogP) is 2.48. The summed E-state index contributed by atoms with van der Waals surface area (Å²) >= 11 is 0. The van der Waals surface area contributed by atoms with Crippen molar-refractivity contribution in [1.82, 2.24) is 5.32 Å². The van der Waals surface area contributed by atoms with Crippen LogP contribution in [0.1, 0.15) is 36.3 Å². The highest BCUT2D eigenvalue weighted by Gasteiger charge is 2.26. The highest BCUT2D eigenvalue weighted by Crippen LogP contribution is 2.25. The van der Waals surface area contributed by atoms with E-state index in [0.717, 1.165) is 11.1 Å². The van der Waals surface area contributed by atoms with E-state index in [9.17, 15) is 9.59 Å². The molecule has 0 bridgehead atoms. The number of primary amides is 1. The minimum absolute atomic E-state index is 0.279. The van der Waals surface area contributed by atoms with Gasteiger partial charge in [-0.3, -0.25) is 9.59 Å². The number of nitrogens with zero attached hydrogens (tertiary/aromatic N) is 1. The SMILES string of the molecule is N#CCCC[C@@H](NC(=O)C(c1ccccc1)c1ccccc1)C(N)=O. The molecule has 0 unspecified atom stereocenters. The minimum atomic E-state index is -0.782. The van der Waals surface area contributed by atoms with Crippen LogP contribution in [0.3, 0.4) is 0 Å². The normalized spacial score (nSPS) is 11.5. The molecule has 0 heterocycles. The molecule has 5 nitrogen and oxygen atoms in total. The topological polar surface area (TPSA) is 96.0 Å². The zero-order chi connectivity index (χ0) is 18.1. The van der Waals surface area contributed by atoms with E-state index >= 15 is 0 Å². The molecule has 0 spiro atoms.